The van der Waals surface area contributed by atoms with Crippen molar-refractivity contribution in [3.05, 3.63) is 78.2 Å². The van der Waals surface area contributed by atoms with Crippen molar-refractivity contribution in [2.75, 3.05) is 0 Å². The Bertz CT molecular complexity index is 745. The second kappa shape index (κ2) is 6.83. The predicted octanol–water partition coefficient (Wildman–Crippen LogP) is 3.21. The minimum absolute atomic E-state index is 0.109. The molecule has 0 saturated carbocycles. The monoisotopic (exact) mass is 292 g/mol. The first-order valence-corrected chi connectivity index (χ1v) is 7.05. The minimum Gasteiger partial charge on any atom is -0.488 e. The Morgan fingerprint density at radius 2 is 1.68 bits per heavy atom. The van der Waals surface area contributed by atoms with Gasteiger partial charge >= 0.3 is 0 Å². The Morgan fingerprint density at radius 1 is 0.909 bits per heavy atom. The van der Waals surface area contributed by atoms with Gasteiger partial charge in [0.2, 0.25) is 0 Å². The quantitative estimate of drug-likeness (QED) is 0.784. The van der Waals surface area contributed by atoms with Crippen molar-refractivity contribution < 1.29 is 9.84 Å². The molecule has 3 aromatic rings. The maximum absolute atomic E-state index is 9.21. The Morgan fingerprint density at radius 3 is 2.50 bits per heavy atom. The van der Waals surface area contributed by atoms with Crippen LogP contribution in [0.5, 0.6) is 5.75 Å². The lowest BCUT2D eigenvalue weighted by Gasteiger charge is -2.11. The second-order valence-electron chi connectivity index (χ2n) is 4.82. The third-order valence-corrected chi connectivity index (χ3v) is 3.29. The van der Waals surface area contributed by atoms with Crippen LogP contribution in [0.1, 0.15) is 11.3 Å². The highest BCUT2D eigenvalue weighted by atomic mass is 16.5. The topological polar surface area (TPSA) is 55.2 Å². The van der Waals surface area contributed by atoms with E-state index >= 15 is 0 Å². The smallest absolute Gasteiger partial charge is 0.129 e. The average Bonchev–Trinajstić information content (AvgIpc) is 2.61. The Kier molecular flexibility index (Phi) is 4.41. The summed E-state index contributed by atoms with van der Waals surface area (Å²) in [5, 5.41) is 9.21. The van der Waals surface area contributed by atoms with E-state index in [1.807, 2.05) is 54.6 Å². The van der Waals surface area contributed by atoms with Crippen LogP contribution in [0.3, 0.4) is 0 Å². The summed E-state index contributed by atoms with van der Waals surface area (Å²) in [7, 11) is 0. The summed E-state index contributed by atoms with van der Waals surface area (Å²) in [6, 6.07) is 19.5. The van der Waals surface area contributed by atoms with Gasteiger partial charge in [0.15, 0.2) is 0 Å². The molecule has 2 aromatic carbocycles. The van der Waals surface area contributed by atoms with E-state index in [0.29, 0.717) is 12.3 Å². The molecule has 110 valence electrons. The van der Waals surface area contributed by atoms with Crippen molar-refractivity contribution >= 4 is 0 Å². The van der Waals surface area contributed by atoms with Crippen molar-refractivity contribution in [3.8, 4) is 17.0 Å². The van der Waals surface area contributed by atoms with E-state index in [1.54, 1.807) is 6.07 Å². The second-order valence-corrected chi connectivity index (χ2v) is 4.82. The van der Waals surface area contributed by atoms with Crippen LogP contribution >= 0.6 is 0 Å². The van der Waals surface area contributed by atoms with Gasteiger partial charge in [-0.15, -0.1) is 0 Å². The van der Waals surface area contributed by atoms with Crippen LogP contribution in [0.4, 0.5) is 0 Å². The van der Waals surface area contributed by atoms with E-state index in [0.717, 1.165) is 22.6 Å². The molecule has 0 bridgehead atoms. The number of hydrogen-bond acceptors (Lipinski definition) is 4. The van der Waals surface area contributed by atoms with Crippen LogP contribution < -0.4 is 4.74 Å². The molecule has 0 radical (unpaired) electrons. The van der Waals surface area contributed by atoms with Crippen molar-refractivity contribution in [2.24, 2.45) is 0 Å². The molecule has 1 aromatic heterocycles. The van der Waals surface area contributed by atoms with Crippen molar-refractivity contribution in [1.29, 1.82) is 0 Å². The van der Waals surface area contributed by atoms with Gasteiger partial charge in [-0.2, -0.15) is 0 Å². The lowest BCUT2D eigenvalue weighted by Crippen LogP contribution is -1.98. The largest absolute Gasteiger partial charge is 0.488 e. The van der Waals surface area contributed by atoms with E-state index in [9.17, 15) is 5.11 Å². The highest BCUT2D eigenvalue weighted by Crippen LogP contribution is 2.29. The molecule has 0 aliphatic carbocycles. The SMILES string of the molecule is OCc1cc(-c2ccccc2OCc2ccccc2)ncn1. The zero-order valence-corrected chi connectivity index (χ0v) is 12.0. The summed E-state index contributed by atoms with van der Waals surface area (Å²) in [5.74, 6) is 0.758. The summed E-state index contributed by atoms with van der Waals surface area (Å²) in [6.45, 7) is 0.387. The Hall–Kier alpha value is -2.72. The molecule has 0 saturated heterocycles. The molecular formula is C18H16N2O2. The fourth-order valence-corrected chi connectivity index (χ4v) is 2.17. The van der Waals surface area contributed by atoms with Crippen LogP contribution in [0.25, 0.3) is 11.3 Å². The fraction of sp³-hybridized carbons (Fsp3) is 0.111. The molecule has 0 atom stereocenters. The normalized spacial score (nSPS) is 10.4. The Balaban J connectivity index is 1.86. The lowest BCUT2D eigenvalue weighted by atomic mass is 10.1. The molecule has 4 heteroatoms. The minimum atomic E-state index is -0.109. The van der Waals surface area contributed by atoms with Gasteiger partial charge in [-0.25, -0.2) is 9.97 Å². The molecule has 0 fully saturated rings. The Labute approximate surface area is 129 Å². The van der Waals surface area contributed by atoms with Gasteiger partial charge in [0.25, 0.3) is 0 Å². The summed E-state index contributed by atoms with van der Waals surface area (Å²) >= 11 is 0. The van der Waals surface area contributed by atoms with Crippen LogP contribution in [0.2, 0.25) is 0 Å². The molecule has 0 aliphatic heterocycles. The number of nitrogens with zero attached hydrogens (tertiary/aromatic N) is 2. The average molecular weight is 292 g/mol. The van der Waals surface area contributed by atoms with E-state index in [1.165, 1.54) is 6.33 Å². The van der Waals surface area contributed by atoms with Gasteiger partial charge in [0.1, 0.15) is 18.7 Å². The first-order valence-electron chi connectivity index (χ1n) is 7.05. The van der Waals surface area contributed by atoms with Gasteiger partial charge in [0, 0.05) is 5.56 Å². The van der Waals surface area contributed by atoms with Crippen LogP contribution in [-0.2, 0) is 13.2 Å². The number of aliphatic hydroxyl groups excluding tert-OH is 1. The standard InChI is InChI=1S/C18H16N2O2/c21-11-15-10-17(20-13-19-15)16-8-4-5-9-18(16)22-12-14-6-2-1-3-7-14/h1-10,13,21H,11-12H2. The molecule has 1 heterocycles. The van der Waals surface area contributed by atoms with Gasteiger partial charge in [-0.3, -0.25) is 0 Å². The summed E-state index contributed by atoms with van der Waals surface area (Å²) in [5.41, 5.74) is 3.32. The van der Waals surface area contributed by atoms with Crippen molar-refractivity contribution in [3.63, 3.8) is 0 Å². The number of para-hydroxylation sites is 1. The van der Waals surface area contributed by atoms with E-state index in [-0.39, 0.29) is 6.61 Å². The lowest BCUT2D eigenvalue weighted by molar-refractivity contribution is 0.276. The van der Waals surface area contributed by atoms with Crippen molar-refractivity contribution in [1.82, 2.24) is 9.97 Å². The third kappa shape index (κ3) is 3.30. The summed E-state index contributed by atoms with van der Waals surface area (Å²) in [6.07, 6.45) is 1.45. The molecule has 1 N–H and O–H groups in total. The first-order chi connectivity index (χ1) is 10.9. The molecular weight excluding hydrogens is 276 g/mol. The fourth-order valence-electron chi connectivity index (χ4n) is 2.17. The molecule has 0 amide bonds. The molecule has 3 rings (SSSR count). The molecule has 22 heavy (non-hydrogen) atoms. The van der Waals surface area contributed by atoms with E-state index in [4.69, 9.17) is 4.74 Å². The molecule has 0 unspecified atom stereocenters. The third-order valence-electron chi connectivity index (χ3n) is 3.29. The van der Waals surface area contributed by atoms with Gasteiger partial charge in [-0.1, -0.05) is 42.5 Å². The van der Waals surface area contributed by atoms with E-state index in [2.05, 4.69) is 9.97 Å². The highest BCUT2D eigenvalue weighted by molar-refractivity contribution is 5.67. The van der Waals surface area contributed by atoms with Gasteiger partial charge < -0.3 is 9.84 Å². The number of aromatic nitrogens is 2. The number of hydrogen-bond donors (Lipinski definition) is 1. The van der Waals surface area contributed by atoms with Gasteiger partial charge in [-0.05, 0) is 23.8 Å². The maximum Gasteiger partial charge on any atom is 0.129 e. The number of benzene rings is 2. The van der Waals surface area contributed by atoms with Crippen molar-refractivity contribution in [2.45, 2.75) is 13.2 Å². The van der Waals surface area contributed by atoms with Gasteiger partial charge in [0.05, 0.1) is 18.0 Å². The predicted molar refractivity (Wildman–Crippen MR) is 84.2 cm³/mol. The molecule has 0 aliphatic rings. The number of aliphatic hydroxyl groups is 1. The zero-order valence-electron chi connectivity index (χ0n) is 12.0. The highest BCUT2D eigenvalue weighted by Gasteiger charge is 2.08. The first kappa shape index (κ1) is 14.2. The van der Waals surface area contributed by atoms with Crippen LogP contribution in [0.15, 0.2) is 67.0 Å². The molecule has 0 spiro atoms. The van der Waals surface area contributed by atoms with Crippen LogP contribution in [-0.4, -0.2) is 15.1 Å². The summed E-state index contributed by atoms with van der Waals surface area (Å²) in [4.78, 5) is 8.28. The molecule has 4 nitrogen and oxygen atoms in total. The van der Waals surface area contributed by atoms with Crippen LogP contribution in [0, 0.1) is 0 Å². The number of ether oxygens (including phenoxy) is 1. The summed E-state index contributed by atoms with van der Waals surface area (Å²) < 4.78 is 5.93. The van der Waals surface area contributed by atoms with E-state index < -0.39 is 0 Å². The maximum atomic E-state index is 9.21. The number of rotatable bonds is 5. The zero-order chi connectivity index (χ0) is 15.2.